The van der Waals surface area contributed by atoms with Gasteiger partial charge in [-0.3, -0.25) is 9.59 Å². The van der Waals surface area contributed by atoms with Crippen LogP contribution in [-0.2, 0) is 14.3 Å². The van der Waals surface area contributed by atoms with Crippen molar-refractivity contribution in [3.05, 3.63) is 30.3 Å². The molecule has 1 aromatic rings. The first-order valence-electron chi connectivity index (χ1n) is 6.82. The fourth-order valence-electron chi connectivity index (χ4n) is 1.52. The van der Waals surface area contributed by atoms with Crippen LogP contribution in [0.2, 0.25) is 0 Å². The molecule has 0 aromatic heterocycles. The molecule has 1 unspecified atom stereocenters. The Morgan fingerprint density at radius 2 is 1.67 bits per heavy atom. The number of unbranched alkanes of at least 4 members (excludes halogenated alkanes) is 1. The van der Waals surface area contributed by atoms with Crippen LogP contribution in [-0.4, -0.2) is 41.5 Å². The summed E-state index contributed by atoms with van der Waals surface area (Å²) in [6, 6.07) is 8.78. The van der Waals surface area contributed by atoms with Crippen molar-refractivity contribution in [1.29, 1.82) is 0 Å². The number of hydrogen-bond acceptors (Lipinski definition) is 6. The molecule has 6 heteroatoms. The largest absolute Gasteiger partial charge is 0.463 e. The van der Waals surface area contributed by atoms with Crippen LogP contribution in [0.25, 0.3) is 0 Å². The maximum absolute atomic E-state index is 11.5. The molecule has 0 aliphatic carbocycles. The van der Waals surface area contributed by atoms with Crippen molar-refractivity contribution in [2.24, 2.45) is 0 Å². The van der Waals surface area contributed by atoms with Crippen LogP contribution >= 0.6 is 0 Å². The quantitative estimate of drug-likeness (QED) is 0.402. The summed E-state index contributed by atoms with van der Waals surface area (Å²) in [7, 11) is 0. The molecule has 116 valence electrons. The van der Waals surface area contributed by atoms with Gasteiger partial charge >= 0.3 is 11.9 Å². The average molecular weight is 296 g/mol. The monoisotopic (exact) mass is 296 g/mol. The molecule has 0 spiro atoms. The van der Waals surface area contributed by atoms with Gasteiger partial charge in [-0.2, -0.15) is 0 Å². The minimum absolute atomic E-state index is 0.163. The van der Waals surface area contributed by atoms with Gasteiger partial charge in [0, 0.05) is 12.8 Å². The Balaban J connectivity index is 2.08. The van der Waals surface area contributed by atoms with Gasteiger partial charge in [0.15, 0.2) is 0 Å². The van der Waals surface area contributed by atoms with E-state index in [1.165, 1.54) is 0 Å². The zero-order valence-corrected chi connectivity index (χ0v) is 11.7. The van der Waals surface area contributed by atoms with Crippen molar-refractivity contribution >= 4 is 11.9 Å². The second-order valence-electron chi connectivity index (χ2n) is 4.51. The van der Waals surface area contributed by atoms with Crippen molar-refractivity contribution in [3.8, 4) is 5.75 Å². The lowest BCUT2D eigenvalue weighted by Gasteiger charge is -2.08. The predicted molar refractivity (Wildman–Crippen MR) is 74.6 cm³/mol. The molecule has 6 nitrogen and oxygen atoms in total. The highest BCUT2D eigenvalue weighted by atomic mass is 16.5. The second kappa shape index (κ2) is 9.90. The van der Waals surface area contributed by atoms with Gasteiger partial charge in [-0.15, -0.1) is 0 Å². The zero-order chi connectivity index (χ0) is 15.5. The standard InChI is InChI=1S/C15H20O6/c16-10-12(17)11-20-14(18)8-4-5-9-15(19)21-13-6-2-1-3-7-13/h1-3,6-7,12,16-17H,4-5,8-11H2. The average Bonchev–Trinajstić information content (AvgIpc) is 2.50. The van der Waals surface area contributed by atoms with Crippen LogP contribution in [0.1, 0.15) is 25.7 Å². The molecule has 0 heterocycles. The SMILES string of the molecule is O=C(CCCCC(=O)Oc1ccccc1)OCC(O)CO. The summed E-state index contributed by atoms with van der Waals surface area (Å²) in [5.74, 6) is -0.302. The molecule has 1 aromatic carbocycles. The summed E-state index contributed by atoms with van der Waals surface area (Å²) >= 11 is 0. The molecule has 0 saturated carbocycles. The lowest BCUT2D eigenvalue weighted by molar-refractivity contribution is -0.147. The van der Waals surface area contributed by atoms with Crippen molar-refractivity contribution in [1.82, 2.24) is 0 Å². The molecule has 0 bridgehead atoms. The van der Waals surface area contributed by atoms with Gasteiger partial charge < -0.3 is 19.7 Å². The molecule has 0 amide bonds. The molecule has 0 aliphatic rings. The number of aliphatic hydroxyl groups is 2. The van der Waals surface area contributed by atoms with E-state index < -0.39 is 18.7 Å². The molecule has 21 heavy (non-hydrogen) atoms. The van der Waals surface area contributed by atoms with Crippen LogP contribution in [0.4, 0.5) is 0 Å². The number of para-hydroxylation sites is 1. The van der Waals surface area contributed by atoms with Crippen LogP contribution in [0.5, 0.6) is 5.75 Å². The summed E-state index contributed by atoms with van der Waals surface area (Å²) < 4.78 is 9.83. The Hall–Kier alpha value is -1.92. The maximum Gasteiger partial charge on any atom is 0.311 e. The fraction of sp³-hybridized carbons (Fsp3) is 0.467. The number of carbonyl (C=O) groups is 2. The number of aliphatic hydroxyl groups excluding tert-OH is 2. The van der Waals surface area contributed by atoms with Crippen LogP contribution in [0.15, 0.2) is 30.3 Å². The summed E-state index contributed by atoms with van der Waals surface area (Å²) in [4.78, 5) is 22.8. The number of esters is 2. The van der Waals surface area contributed by atoms with E-state index in [9.17, 15) is 9.59 Å². The van der Waals surface area contributed by atoms with E-state index in [-0.39, 0.29) is 25.4 Å². The van der Waals surface area contributed by atoms with Gasteiger partial charge in [0.2, 0.25) is 0 Å². The lowest BCUT2D eigenvalue weighted by atomic mass is 10.2. The third-order valence-electron chi connectivity index (χ3n) is 2.63. The number of ether oxygens (including phenoxy) is 2. The Kier molecular flexibility index (Phi) is 8.08. The fourth-order valence-corrected chi connectivity index (χ4v) is 1.52. The Bertz CT molecular complexity index is 431. The van der Waals surface area contributed by atoms with Gasteiger partial charge in [0.25, 0.3) is 0 Å². The normalized spacial score (nSPS) is 11.7. The molecular formula is C15H20O6. The Morgan fingerprint density at radius 3 is 2.29 bits per heavy atom. The van der Waals surface area contributed by atoms with E-state index in [1.54, 1.807) is 24.3 Å². The minimum Gasteiger partial charge on any atom is -0.463 e. The Labute approximate surface area is 123 Å². The first-order valence-corrected chi connectivity index (χ1v) is 6.82. The predicted octanol–water partition coefficient (Wildman–Crippen LogP) is 1.05. The molecule has 0 radical (unpaired) electrons. The zero-order valence-electron chi connectivity index (χ0n) is 11.7. The molecule has 1 rings (SSSR count). The molecular weight excluding hydrogens is 276 g/mol. The molecule has 0 aliphatic heterocycles. The number of rotatable bonds is 9. The van der Waals surface area contributed by atoms with Gasteiger partial charge in [-0.1, -0.05) is 18.2 Å². The van der Waals surface area contributed by atoms with Gasteiger partial charge in [-0.05, 0) is 25.0 Å². The first kappa shape index (κ1) is 17.1. The third-order valence-corrected chi connectivity index (χ3v) is 2.63. The Morgan fingerprint density at radius 1 is 1.05 bits per heavy atom. The van der Waals surface area contributed by atoms with Crippen molar-refractivity contribution < 1.29 is 29.3 Å². The van der Waals surface area contributed by atoms with E-state index in [2.05, 4.69) is 0 Å². The van der Waals surface area contributed by atoms with Crippen molar-refractivity contribution in [2.75, 3.05) is 13.2 Å². The van der Waals surface area contributed by atoms with E-state index in [0.29, 0.717) is 18.6 Å². The highest BCUT2D eigenvalue weighted by Crippen LogP contribution is 2.10. The molecule has 0 saturated heterocycles. The van der Waals surface area contributed by atoms with Gasteiger partial charge in [-0.25, -0.2) is 0 Å². The molecule has 2 N–H and O–H groups in total. The van der Waals surface area contributed by atoms with Crippen LogP contribution in [0, 0.1) is 0 Å². The topological polar surface area (TPSA) is 93.1 Å². The highest BCUT2D eigenvalue weighted by molar-refractivity contribution is 5.72. The molecule has 1 atom stereocenters. The van der Waals surface area contributed by atoms with Crippen molar-refractivity contribution in [2.45, 2.75) is 31.8 Å². The van der Waals surface area contributed by atoms with E-state index in [1.807, 2.05) is 6.07 Å². The summed E-state index contributed by atoms with van der Waals surface area (Å²) in [6.45, 7) is -0.663. The third kappa shape index (κ3) is 8.06. The number of carbonyl (C=O) groups excluding carboxylic acids is 2. The lowest BCUT2D eigenvalue weighted by Crippen LogP contribution is -2.21. The molecule has 0 fully saturated rings. The number of hydrogen-bond donors (Lipinski definition) is 2. The van der Waals surface area contributed by atoms with Crippen LogP contribution < -0.4 is 4.74 Å². The summed E-state index contributed by atoms with van der Waals surface area (Å²) in [5, 5.41) is 17.6. The highest BCUT2D eigenvalue weighted by Gasteiger charge is 2.09. The van der Waals surface area contributed by atoms with Gasteiger partial charge in [0.1, 0.15) is 18.5 Å². The van der Waals surface area contributed by atoms with Crippen molar-refractivity contribution in [3.63, 3.8) is 0 Å². The summed E-state index contributed by atoms with van der Waals surface area (Å²) in [6.07, 6.45) is 0.356. The number of benzene rings is 1. The van der Waals surface area contributed by atoms with E-state index in [0.717, 1.165) is 0 Å². The summed E-state index contributed by atoms with van der Waals surface area (Å²) in [5.41, 5.74) is 0. The van der Waals surface area contributed by atoms with Gasteiger partial charge in [0.05, 0.1) is 6.61 Å². The minimum atomic E-state index is -1.05. The van der Waals surface area contributed by atoms with Crippen LogP contribution in [0.3, 0.4) is 0 Å². The first-order chi connectivity index (χ1) is 10.1. The van der Waals surface area contributed by atoms with E-state index in [4.69, 9.17) is 19.7 Å². The second-order valence-corrected chi connectivity index (χ2v) is 4.51. The maximum atomic E-state index is 11.5. The smallest absolute Gasteiger partial charge is 0.311 e. The van der Waals surface area contributed by atoms with E-state index >= 15 is 0 Å².